The molecule has 0 fully saturated rings. The lowest BCUT2D eigenvalue weighted by molar-refractivity contribution is 0.286. The number of rotatable bonds is 3. The molecule has 16 heavy (non-hydrogen) atoms. The molecule has 0 radical (unpaired) electrons. The zero-order chi connectivity index (χ0) is 11.5. The summed E-state index contributed by atoms with van der Waals surface area (Å²) < 4.78 is 32.4. The van der Waals surface area contributed by atoms with Gasteiger partial charge in [-0.1, -0.05) is 0 Å². The highest BCUT2D eigenvalue weighted by Gasteiger charge is 2.04. The first-order valence-corrected chi connectivity index (χ1v) is 4.57. The van der Waals surface area contributed by atoms with Gasteiger partial charge in [0.05, 0.1) is 0 Å². The Balaban J connectivity index is 2.07. The highest BCUT2D eigenvalue weighted by Crippen LogP contribution is 2.16. The van der Waals surface area contributed by atoms with Crippen molar-refractivity contribution in [2.75, 3.05) is 0 Å². The molecule has 1 heterocycles. The van der Waals surface area contributed by atoms with Gasteiger partial charge in [0.1, 0.15) is 30.3 Å². The van der Waals surface area contributed by atoms with Crippen molar-refractivity contribution in [3.8, 4) is 5.75 Å². The van der Waals surface area contributed by atoms with E-state index in [4.69, 9.17) is 4.74 Å². The minimum Gasteiger partial charge on any atom is -0.485 e. The third-order valence-corrected chi connectivity index (χ3v) is 2.01. The lowest BCUT2D eigenvalue weighted by atomic mass is 10.3. The minimum absolute atomic E-state index is 0.111. The summed E-state index contributed by atoms with van der Waals surface area (Å²) in [5, 5.41) is 3.84. The van der Waals surface area contributed by atoms with Gasteiger partial charge in [-0.25, -0.2) is 13.8 Å². The Morgan fingerprint density at radius 1 is 1.25 bits per heavy atom. The number of aromatic nitrogens is 3. The van der Waals surface area contributed by atoms with Gasteiger partial charge >= 0.3 is 0 Å². The molecule has 1 aromatic heterocycles. The monoisotopic (exact) mass is 225 g/mol. The van der Waals surface area contributed by atoms with Gasteiger partial charge in [0.2, 0.25) is 0 Å². The third-order valence-electron chi connectivity index (χ3n) is 2.01. The summed E-state index contributed by atoms with van der Waals surface area (Å²) >= 11 is 0. The smallest absolute Gasteiger partial charge is 0.164 e. The number of nitrogens with zero attached hydrogens (tertiary/aromatic N) is 3. The van der Waals surface area contributed by atoms with Gasteiger partial charge < -0.3 is 4.74 Å². The molecule has 0 saturated heterocycles. The number of hydrogen-bond donors (Lipinski definition) is 0. The molecule has 0 spiro atoms. The van der Waals surface area contributed by atoms with Gasteiger partial charge in [-0.05, 0) is 0 Å². The van der Waals surface area contributed by atoms with E-state index in [1.54, 1.807) is 7.05 Å². The second kappa shape index (κ2) is 4.26. The van der Waals surface area contributed by atoms with Gasteiger partial charge in [-0.2, -0.15) is 5.10 Å². The Morgan fingerprint density at radius 2 is 1.94 bits per heavy atom. The molecule has 2 rings (SSSR count). The number of ether oxygens (including phenoxy) is 1. The van der Waals surface area contributed by atoms with Crippen molar-refractivity contribution in [2.45, 2.75) is 6.61 Å². The maximum Gasteiger partial charge on any atom is 0.164 e. The van der Waals surface area contributed by atoms with Crippen LogP contribution in [-0.4, -0.2) is 14.8 Å². The molecular formula is C10H9F2N3O. The fourth-order valence-electron chi connectivity index (χ4n) is 1.21. The zero-order valence-corrected chi connectivity index (χ0v) is 8.52. The lowest BCUT2D eigenvalue weighted by Gasteiger charge is -2.05. The number of aryl methyl sites for hydroxylation is 1. The summed E-state index contributed by atoms with van der Waals surface area (Å²) in [6.45, 7) is 0.111. The first-order valence-electron chi connectivity index (χ1n) is 4.57. The van der Waals surface area contributed by atoms with Crippen molar-refractivity contribution in [2.24, 2.45) is 7.05 Å². The van der Waals surface area contributed by atoms with Crippen LogP contribution in [0.1, 0.15) is 5.82 Å². The molecule has 4 nitrogen and oxygen atoms in total. The van der Waals surface area contributed by atoms with Crippen molar-refractivity contribution in [3.63, 3.8) is 0 Å². The van der Waals surface area contributed by atoms with Crippen LogP contribution in [0.4, 0.5) is 8.78 Å². The average Bonchev–Trinajstić information content (AvgIpc) is 2.59. The summed E-state index contributed by atoms with van der Waals surface area (Å²) in [5.41, 5.74) is 0. The molecule has 84 valence electrons. The maximum atomic E-state index is 12.8. The van der Waals surface area contributed by atoms with E-state index in [9.17, 15) is 8.78 Å². The highest BCUT2D eigenvalue weighted by atomic mass is 19.1. The second-order valence-corrected chi connectivity index (χ2v) is 3.19. The SMILES string of the molecule is Cn1ncnc1COc1cc(F)cc(F)c1. The summed E-state index contributed by atoms with van der Waals surface area (Å²) in [5.74, 6) is -0.647. The molecule has 1 aromatic carbocycles. The van der Waals surface area contributed by atoms with E-state index in [1.807, 2.05) is 0 Å². The second-order valence-electron chi connectivity index (χ2n) is 3.19. The predicted molar refractivity (Wildman–Crippen MR) is 51.7 cm³/mol. The Labute approximate surface area is 90.5 Å². The predicted octanol–water partition coefficient (Wildman–Crippen LogP) is 1.67. The Hall–Kier alpha value is -1.98. The van der Waals surface area contributed by atoms with Crippen LogP contribution in [0.3, 0.4) is 0 Å². The normalized spacial score (nSPS) is 10.4. The molecule has 0 atom stereocenters. The van der Waals surface area contributed by atoms with Gasteiger partial charge in [-0.15, -0.1) is 0 Å². The fraction of sp³-hybridized carbons (Fsp3) is 0.200. The summed E-state index contributed by atoms with van der Waals surface area (Å²) in [4.78, 5) is 3.92. The standard InChI is InChI=1S/C10H9F2N3O/c1-15-10(13-6-14-15)5-16-9-3-7(11)2-8(12)4-9/h2-4,6H,5H2,1H3. The summed E-state index contributed by atoms with van der Waals surface area (Å²) in [6.07, 6.45) is 1.38. The van der Waals surface area contributed by atoms with Crippen molar-refractivity contribution in [1.82, 2.24) is 14.8 Å². The molecule has 0 amide bonds. The molecule has 2 aromatic rings. The highest BCUT2D eigenvalue weighted by molar-refractivity contribution is 5.23. The molecule has 6 heteroatoms. The van der Waals surface area contributed by atoms with Crippen molar-refractivity contribution < 1.29 is 13.5 Å². The maximum absolute atomic E-state index is 12.8. The molecule has 0 bridgehead atoms. The molecule has 0 aliphatic rings. The fourth-order valence-corrected chi connectivity index (χ4v) is 1.21. The first kappa shape index (κ1) is 10.5. The lowest BCUT2D eigenvalue weighted by Crippen LogP contribution is -2.04. The Morgan fingerprint density at radius 3 is 2.50 bits per heavy atom. The van der Waals surface area contributed by atoms with E-state index in [2.05, 4.69) is 10.1 Å². The van der Waals surface area contributed by atoms with Crippen molar-refractivity contribution in [3.05, 3.63) is 42.0 Å². The Bertz CT molecular complexity index is 478. The van der Waals surface area contributed by atoms with Crippen molar-refractivity contribution >= 4 is 0 Å². The van der Waals surface area contributed by atoms with Gasteiger partial charge in [-0.3, -0.25) is 4.68 Å². The van der Waals surface area contributed by atoms with E-state index in [0.717, 1.165) is 18.2 Å². The van der Waals surface area contributed by atoms with Crippen LogP contribution < -0.4 is 4.74 Å². The van der Waals surface area contributed by atoms with E-state index in [1.165, 1.54) is 11.0 Å². The van der Waals surface area contributed by atoms with Crippen LogP contribution in [0.5, 0.6) is 5.75 Å². The van der Waals surface area contributed by atoms with Crippen LogP contribution in [0.25, 0.3) is 0 Å². The number of halogens is 2. The molecule has 0 saturated carbocycles. The van der Waals surface area contributed by atoms with Crippen LogP contribution in [0.2, 0.25) is 0 Å². The summed E-state index contributed by atoms with van der Waals surface area (Å²) in [6, 6.07) is 3.01. The average molecular weight is 225 g/mol. The number of benzene rings is 1. The van der Waals surface area contributed by atoms with Gasteiger partial charge in [0.15, 0.2) is 5.82 Å². The first-order chi connectivity index (χ1) is 7.65. The van der Waals surface area contributed by atoms with E-state index < -0.39 is 11.6 Å². The van der Waals surface area contributed by atoms with Gasteiger partial charge in [0.25, 0.3) is 0 Å². The van der Waals surface area contributed by atoms with Crippen LogP contribution in [-0.2, 0) is 13.7 Å². The van der Waals surface area contributed by atoms with Crippen LogP contribution in [0, 0.1) is 11.6 Å². The van der Waals surface area contributed by atoms with Crippen LogP contribution in [0.15, 0.2) is 24.5 Å². The molecule has 0 aliphatic heterocycles. The molecule has 0 unspecified atom stereocenters. The Kier molecular flexibility index (Phi) is 2.80. The minimum atomic E-state index is -0.673. The topological polar surface area (TPSA) is 39.9 Å². The number of hydrogen-bond acceptors (Lipinski definition) is 3. The molecule has 0 aliphatic carbocycles. The summed E-state index contributed by atoms with van der Waals surface area (Å²) in [7, 11) is 1.71. The quantitative estimate of drug-likeness (QED) is 0.797. The van der Waals surface area contributed by atoms with E-state index in [-0.39, 0.29) is 12.4 Å². The van der Waals surface area contributed by atoms with Gasteiger partial charge in [0, 0.05) is 25.2 Å². The van der Waals surface area contributed by atoms with E-state index in [0.29, 0.717) is 5.82 Å². The largest absolute Gasteiger partial charge is 0.485 e. The van der Waals surface area contributed by atoms with Crippen molar-refractivity contribution in [1.29, 1.82) is 0 Å². The van der Waals surface area contributed by atoms with Crippen LogP contribution >= 0.6 is 0 Å². The third kappa shape index (κ3) is 2.33. The van der Waals surface area contributed by atoms with E-state index >= 15 is 0 Å². The molecular weight excluding hydrogens is 216 g/mol. The molecule has 0 N–H and O–H groups in total. The zero-order valence-electron chi connectivity index (χ0n) is 8.52.